The van der Waals surface area contributed by atoms with Crippen LogP contribution in [0.15, 0.2) is 12.2 Å². The maximum absolute atomic E-state index is 10.9. The second-order valence-corrected chi connectivity index (χ2v) is 4.52. The molecule has 13 heavy (non-hydrogen) atoms. The Labute approximate surface area is 78.4 Å². The zero-order valence-electron chi connectivity index (χ0n) is 7.78. The van der Waals surface area contributed by atoms with Gasteiger partial charge in [0.25, 0.3) is 10.1 Å². The van der Waals surface area contributed by atoms with E-state index in [1.807, 2.05) is 6.92 Å². The molecule has 0 spiro atoms. The van der Waals surface area contributed by atoms with Gasteiger partial charge in [-0.15, -0.1) is 0 Å². The molecule has 0 aliphatic rings. The van der Waals surface area contributed by atoms with Gasteiger partial charge >= 0.3 is 0 Å². The number of carbonyl (C=O) groups is 1. The normalized spacial score (nSPS) is 13.8. The minimum atomic E-state index is -4.28. The van der Waals surface area contributed by atoms with Gasteiger partial charge < -0.3 is 0 Å². The Balaban J connectivity index is 4.66. The smallest absolute Gasteiger partial charge is 0.275 e. The Morgan fingerprint density at radius 2 is 2.00 bits per heavy atom. The third kappa shape index (κ3) is 4.19. The highest BCUT2D eigenvalue weighted by molar-refractivity contribution is 7.87. The summed E-state index contributed by atoms with van der Waals surface area (Å²) < 4.78 is 30.1. The van der Waals surface area contributed by atoms with Gasteiger partial charge in [0.1, 0.15) is 5.25 Å². The third-order valence-corrected chi connectivity index (χ3v) is 3.00. The van der Waals surface area contributed by atoms with E-state index in [1.165, 1.54) is 0 Å². The number of carbonyl (C=O) groups excluding carboxylic acids is 1. The molecule has 4 nitrogen and oxygen atoms in total. The average molecular weight is 206 g/mol. The Morgan fingerprint density at radius 3 is 2.23 bits per heavy atom. The Kier molecular flexibility index (Phi) is 4.29. The summed E-state index contributed by atoms with van der Waals surface area (Å²) in [5.41, 5.74) is 0.637. The van der Waals surface area contributed by atoms with Crippen molar-refractivity contribution in [1.82, 2.24) is 0 Å². The average Bonchev–Trinajstić information content (AvgIpc) is 1.96. The molecular weight excluding hydrogens is 192 g/mol. The van der Waals surface area contributed by atoms with Gasteiger partial charge in [0.15, 0.2) is 5.78 Å². The maximum atomic E-state index is 10.9. The fraction of sp³-hybridized carbons (Fsp3) is 0.625. The molecule has 1 unspecified atom stereocenters. The molecule has 1 N–H and O–H groups in total. The highest BCUT2D eigenvalue weighted by Gasteiger charge is 2.27. The number of rotatable bonds is 5. The molecule has 0 rings (SSSR count). The van der Waals surface area contributed by atoms with Crippen LogP contribution in [0.4, 0.5) is 0 Å². The first-order chi connectivity index (χ1) is 5.79. The Morgan fingerprint density at radius 1 is 1.54 bits per heavy atom. The van der Waals surface area contributed by atoms with E-state index in [9.17, 15) is 13.2 Å². The van der Waals surface area contributed by atoms with Crippen LogP contribution < -0.4 is 0 Å². The lowest BCUT2D eigenvalue weighted by atomic mass is 10.1. The van der Waals surface area contributed by atoms with Crippen molar-refractivity contribution >= 4 is 15.9 Å². The number of hydrogen-bond acceptors (Lipinski definition) is 3. The van der Waals surface area contributed by atoms with Gasteiger partial charge in [0, 0.05) is 0 Å². The van der Waals surface area contributed by atoms with Crippen LogP contribution in [0.5, 0.6) is 0 Å². The summed E-state index contributed by atoms with van der Waals surface area (Å²) in [6, 6.07) is 0. The second kappa shape index (κ2) is 4.53. The summed E-state index contributed by atoms with van der Waals surface area (Å²) in [5.74, 6) is -0.558. The Hall–Kier alpha value is -0.680. The molecule has 0 bridgehead atoms. The number of ketones is 1. The van der Waals surface area contributed by atoms with Gasteiger partial charge in [-0.3, -0.25) is 9.35 Å². The third-order valence-electron chi connectivity index (χ3n) is 1.79. The maximum Gasteiger partial charge on any atom is 0.275 e. The zero-order valence-corrected chi connectivity index (χ0v) is 8.60. The highest BCUT2D eigenvalue weighted by Crippen LogP contribution is 2.13. The lowest BCUT2D eigenvalue weighted by Crippen LogP contribution is -2.28. The van der Waals surface area contributed by atoms with Gasteiger partial charge in [-0.05, 0) is 19.8 Å². The largest absolute Gasteiger partial charge is 0.298 e. The lowest BCUT2D eigenvalue weighted by Gasteiger charge is -2.10. The molecule has 0 fully saturated rings. The molecule has 0 aliphatic heterocycles. The summed E-state index contributed by atoms with van der Waals surface area (Å²) in [4.78, 5) is 10.9. The van der Waals surface area contributed by atoms with E-state index < -0.39 is 21.2 Å². The number of allylic oxidation sites excluding steroid dienone is 1. The SMILES string of the molecule is C=C(CC)CC(C(C)=O)S(=O)(=O)O. The number of hydrogen-bond donors (Lipinski definition) is 1. The molecule has 0 saturated carbocycles. The molecule has 0 saturated heterocycles. The minimum absolute atomic E-state index is 0.00463. The molecule has 0 aromatic rings. The van der Waals surface area contributed by atoms with E-state index in [2.05, 4.69) is 6.58 Å². The van der Waals surface area contributed by atoms with Gasteiger partial charge in [0.2, 0.25) is 0 Å². The van der Waals surface area contributed by atoms with E-state index in [4.69, 9.17) is 4.55 Å². The van der Waals surface area contributed by atoms with Crippen LogP contribution in [0.25, 0.3) is 0 Å². The van der Waals surface area contributed by atoms with Crippen molar-refractivity contribution in [2.75, 3.05) is 0 Å². The Bertz CT molecular complexity index is 302. The van der Waals surface area contributed by atoms with E-state index in [-0.39, 0.29) is 6.42 Å². The number of Topliss-reactive ketones (excluding diaryl/α,β-unsaturated/α-hetero) is 1. The molecule has 1 atom stereocenters. The molecule has 0 aromatic carbocycles. The van der Waals surface area contributed by atoms with E-state index in [0.29, 0.717) is 12.0 Å². The standard InChI is InChI=1S/C8H14O4S/c1-4-6(2)5-8(7(3)9)13(10,11)12/h8H,2,4-5H2,1,3H3,(H,10,11,12). The van der Waals surface area contributed by atoms with Crippen LogP contribution in [0.2, 0.25) is 0 Å². The molecule has 0 radical (unpaired) electrons. The van der Waals surface area contributed by atoms with Crippen molar-refractivity contribution in [3.63, 3.8) is 0 Å². The van der Waals surface area contributed by atoms with Crippen molar-refractivity contribution in [3.8, 4) is 0 Å². The molecular formula is C8H14O4S. The highest BCUT2D eigenvalue weighted by atomic mass is 32.2. The predicted molar refractivity (Wildman–Crippen MR) is 50.1 cm³/mol. The fourth-order valence-electron chi connectivity index (χ4n) is 0.865. The predicted octanol–water partition coefficient (Wildman–Crippen LogP) is 1.19. The van der Waals surface area contributed by atoms with Gasteiger partial charge in [-0.2, -0.15) is 8.42 Å². The first-order valence-corrected chi connectivity index (χ1v) is 5.42. The van der Waals surface area contributed by atoms with Gasteiger partial charge in [0.05, 0.1) is 0 Å². The molecule has 0 aliphatic carbocycles. The van der Waals surface area contributed by atoms with Crippen LogP contribution in [-0.4, -0.2) is 24.0 Å². The summed E-state index contributed by atoms with van der Waals surface area (Å²) in [5, 5.41) is -1.35. The fourth-order valence-corrected chi connectivity index (χ4v) is 1.73. The molecule has 76 valence electrons. The summed E-state index contributed by atoms with van der Waals surface area (Å²) >= 11 is 0. The van der Waals surface area contributed by atoms with Crippen molar-refractivity contribution in [3.05, 3.63) is 12.2 Å². The molecule has 5 heteroatoms. The topological polar surface area (TPSA) is 71.4 Å². The molecule has 0 amide bonds. The van der Waals surface area contributed by atoms with Crippen LogP contribution in [-0.2, 0) is 14.9 Å². The van der Waals surface area contributed by atoms with Crippen LogP contribution >= 0.6 is 0 Å². The van der Waals surface area contributed by atoms with Crippen molar-refractivity contribution < 1.29 is 17.8 Å². The lowest BCUT2D eigenvalue weighted by molar-refractivity contribution is -0.116. The first kappa shape index (κ1) is 12.3. The minimum Gasteiger partial charge on any atom is -0.298 e. The summed E-state index contributed by atoms with van der Waals surface area (Å²) in [7, 11) is -4.28. The summed E-state index contributed by atoms with van der Waals surface area (Å²) in [6.45, 7) is 6.53. The van der Waals surface area contributed by atoms with E-state index in [1.54, 1.807) is 0 Å². The zero-order chi connectivity index (χ0) is 10.6. The second-order valence-electron chi connectivity index (χ2n) is 2.92. The van der Waals surface area contributed by atoms with Crippen LogP contribution in [0, 0.1) is 0 Å². The van der Waals surface area contributed by atoms with Crippen LogP contribution in [0.1, 0.15) is 26.7 Å². The molecule has 0 heterocycles. The van der Waals surface area contributed by atoms with E-state index in [0.717, 1.165) is 6.92 Å². The summed E-state index contributed by atoms with van der Waals surface area (Å²) in [6.07, 6.45) is 0.601. The molecule has 0 aromatic heterocycles. The van der Waals surface area contributed by atoms with E-state index >= 15 is 0 Å². The van der Waals surface area contributed by atoms with Gasteiger partial charge in [-0.25, -0.2) is 0 Å². The monoisotopic (exact) mass is 206 g/mol. The van der Waals surface area contributed by atoms with Crippen molar-refractivity contribution in [2.24, 2.45) is 0 Å². The van der Waals surface area contributed by atoms with Crippen molar-refractivity contribution in [1.29, 1.82) is 0 Å². The first-order valence-electron chi connectivity index (χ1n) is 3.92. The van der Waals surface area contributed by atoms with Gasteiger partial charge in [-0.1, -0.05) is 19.1 Å². The quantitative estimate of drug-likeness (QED) is 0.541. The van der Waals surface area contributed by atoms with Crippen LogP contribution in [0.3, 0.4) is 0 Å². The van der Waals surface area contributed by atoms with Crippen molar-refractivity contribution in [2.45, 2.75) is 31.9 Å².